The molecule has 1 rings (SSSR count). The van der Waals surface area contributed by atoms with E-state index in [1.54, 1.807) is 0 Å². The lowest BCUT2D eigenvalue weighted by atomic mass is 10.1. The van der Waals surface area contributed by atoms with E-state index < -0.39 is 0 Å². The molecule has 0 atom stereocenters. The molecule has 0 N–H and O–H groups in total. The highest BCUT2D eigenvalue weighted by atomic mass is 16.5. The van der Waals surface area contributed by atoms with Crippen LogP contribution in [0.5, 0.6) is 0 Å². The quantitative estimate of drug-likeness (QED) is 0.605. The van der Waals surface area contributed by atoms with E-state index in [1.807, 2.05) is 6.08 Å². The van der Waals surface area contributed by atoms with Crippen molar-refractivity contribution in [3.63, 3.8) is 0 Å². The third kappa shape index (κ3) is 4.48. The van der Waals surface area contributed by atoms with Crippen molar-refractivity contribution in [1.82, 2.24) is 0 Å². The molecule has 0 amide bonds. The van der Waals surface area contributed by atoms with Crippen molar-refractivity contribution in [1.29, 1.82) is 0 Å². The summed E-state index contributed by atoms with van der Waals surface area (Å²) in [6, 6.07) is 8.32. The topological polar surface area (TPSA) is 9.23 Å². The van der Waals surface area contributed by atoms with Crippen LogP contribution in [0.1, 0.15) is 44.2 Å². The maximum absolute atomic E-state index is 5.79. The Bertz CT molecular complexity index is 360. The summed E-state index contributed by atoms with van der Waals surface area (Å²) in [6.07, 6.45) is 7.27. The maximum atomic E-state index is 5.79. The summed E-state index contributed by atoms with van der Waals surface area (Å²) in [4.78, 5) is 0. The van der Waals surface area contributed by atoms with Crippen LogP contribution in [0.25, 0.3) is 11.8 Å². The number of unbranched alkanes of at least 4 members (excludes halogenated alkanes) is 1. The van der Waals surface area contributed by atoms with Gasteiger partial charge >= 0.3 is 0 Å². The Labute approximate surface area is 105 Å². The van der Waals surface area contributed by atoms with Gasteiger partial charge in [-0.25, -0.2) is 0 Å². The van der Waals surface area contributed by atoms with Crippen LogP contribution >= 0.6 is 0 Å². The molecule has 92 valence electrons. The van der Waals surface area contributed by atoms with Crippen molar-refractivity contribution in [3.05, 3.63) is 48.0 Å². The molecule has 0 bridgehead atoms. The van der Waals surface area contributed by atoms with Gasteiger partial charge in [-0.1, -0.05) is 57.2 Å². The predicted octanol–water partition coefficient (Wildman–Crippen LogP) is 4.90. The van der Waals surface area contributed by atoms with Crippen LogP contribution in [-0.2, 0) is 4.74 Å². The van der Waals surface area contributed by atoms with Gasteiger partial charge in [0.15, 0.2) is 0 Å². The van der Waals surface area contributed by atoms with Crippen molar-refractivity contribution in [3.8, 4) is 0 Å². The minimum atomic E-state index is 0.777. The van der Waals surface area contributed by atoms with Crippen molar-refractivity contribution in [2.45, 2.75) is 33.1 Å². The molecule has 0 aromatic heterocycles. The zero-order valence-corrected chi connectivity index (χ0v) is 10.9. The molecule has 1 nitrogen and oxygen atoms in total. The molecule has 17 heavy (non-hydrogen) atoms. The van der Waals surface area contributed by atoms with Crippen molar-refractivity contribution in [2.75, 3.05) is 6.61 Å². The van der Waals surface area contributed by atoms with E-state index in [4.69, 9.17) is 4.74 Å². The summed E-state index contributed by atoms with van der Waals surface area (Å²) >= 11 is 0. The van der Waals surface area contributed by atoms with E-state index in [2.05, 4.69) is 50.8 Å². The predicted molar refractivity (Wildman–Crippen MR) is 75.7 cm³/mol. The Balaban J connectivity index is 2.83. The molecular weight excluding hydrogens is 208 g/mol. The smallest absolute Gasteiger partial charge is 0.122 e. The zero-order valence-electron chi connectivity index (χ0n) is 10.9. The minimum absolute atomic E-state index is 0.777. The van der Waals surface area contributed by atoms with Crippen LogP contribution in [0.3, 0.4) is 0 Å². The highest BCUT2D eigenvalue weighted by Crippen LogP contribution is 2.18. The average Bonchev–Trinajstić information content (AvgIpc) is 2.39. The van der Waals surface area contributed by atoms with Crippen LogP contribution in [-0.4, -0.2) is 6.61 Å². The van der Waals surface area contributed by atoms with Gasteiger partial charge in [-0.2, -0.15) is 0 Å². The number of allylic oxidation sites excluding steroid dienone is 1. The third-order valence-electron chi connectivity index (χ3n) is 2.51. The number of hydrogen-bond acceptors (Lipinski definition) is 1. The molecule has 0 heterocycles. The standard InChI is InChI=1S/C16H22O/c1-4-7-8-16(17-13-5-2)15-11-9-14(6-3)10-12-15/h6,8-12H,3-5,7,13H2,1-2H3/b16-8-. The van der Waals surface area contributed by atoms with Gasteiger partial charge < -0.3 is 4.74 Å². The van der Waals surface area contributed by atoms with Crippen LogP contribution in [0, 0.1) is 0 Å². The molecule has 0 saturated heterocycles. The van der Waals surface area contributed by atoms with Crippen LogP contribution in [0.4, 0.5) is 0 Å². The van der Waals surface area contributed by atoms with Crippen molar-refractivity contribution in [2.24, 2.45) is 0 Å². The van der Waals surface area contributed by atoms with Gasteiger partial charge in [0.2, 0.25) is 0 Å². The fourth-order valence-electron chi connectivity index (χ4n) is 1.53. The molecule has 1 aromatic rings. The first-order valence-electron chi connectivity index (χ1n) is 6.37. The van der Waals surface area contributed by atoms with Gasteiger partial charge in [0, 0.05) is 5.56 Å². The molecule has 0 aliphatic carbocycles. The Kier molecular flexibility index (Phi) is 6.16. The number of ether oxygens (including phenoxy) is 1. The molecule has 0 saturated carbocycles. The summed E-state index contributed by atoms with van der Waals surface area (Å²) < 4.78 is 5.79. The van der Waals surface area contributed by atoms with E-state index in [9.17, 15) is 0 Å². The number of rotatable bonds is 7. The maximum Gasteiger partial charge on any atom is 0.122 e. The Hall–Kier alpha value is -1.50. The van der Waals surface area contributed by atoms with Crippen LogP contribution < -0.4 is 0 Å². The van der Waals surface area contributed by atoms with Crippen LogP contribution in [0.2, 0.25) is 0 Å². The fourth-order valence-corrected chi connectivity index (χ4v) is 1.53. The van der Waals surface area contributed by atoms with Gasteiger partial charge in [-0.3, -0.25) is 0 Å². The van der Waals surface area contributed by atoms with E-state index >= 15 is 0 Å². The molecule has 0 aliphatic rings. The molecule has 0 spiro atoms. The summed E-state index contributed by atoms with van der Waals surface area (Å²) in [5.41, 5.74) is 2.29. The first kappa shape index (κ1) is 13.6. The second-order valence-corrected chi connectivity index (χ2v) is 4.03. The lowest BCUT2D eigenvalue weighted by molar-refractivity contribution is 0.276. The van der Waals surface area contributed by atoms with Gasteiger partial charge in [-0.15, -0.1) is 0 Å². The third-order valence-corrected chi connectivity index (χ3v) is 2.51. The lowest BCUT2D eigenvalue weighted by Crippen LogP contribution is -1.94. The molecule has 1 heteroatoms. The Morgan fingerprint density at radius 2 is 1.88 bits per heavy atom. The summed E-state index contributed by atoms with van der Waals surface area (Å²) in [6.45, 7) is 8.83. The zero-order chi connectivity index (χ0) is 12.5. The van der Waals surface area contributed by atoms with E-state index in [0.717, 1.165) is 42.8 Å². The van der Waals surface area contributed by atoms with Gasteiger partial charge in [0.25, 0.3) is 0 Å². The first-order valence-corrected chi connectivity index (χ1v) is 6.37. The normalized spacial score (nSPS) is 11.3. The highest BCUT2D eigenvalue weighted by Gasteiger charge is 2.01. The second-order valence-electron chi connectivity index (χ2n) is 4.03. The summed E-state index contributed by atoms with van der Waals surface area (Å²) in [7, 11) is 0. The summed E-state index contributed by atoms with van der Waals surface area (Å²) in [5, 5.41) is 0. The molecule has 0 radical (unpaired) electrons. The van der Waals surface area contributed by atoms with Crippen molar-refractivity contribution >= 4 is 11.8 Å². The second kappa shape index (κ2) is 7.72. The van der Waals surface area contributed by atoms with Crippen molar-refractivity contribution < 1.29 is 4.74 Å². The number of hydrogen-bond donors (Lipinski definition) is 0. The molecule has 0 aliphatic heterocycles. The van der Waals surface area contributed by atoms with Crippen LogP contribution in [0.15, 0.2) is 36.9 Å². The monoisotopic (exact) mass is 230 g/mol. The van der Waals surface area contributed by atoms with Gasteiger partial charge in [0.1, 0.15) is 5.76 Å². The molecule has 0 unspecified atom stereocenters. The molecule has 0 fully saturated rings. The molecular formula is C16H22O. The average molecular weight is 230 g/mol. The molecule has 1 aromatic carbocycles. The van der Waals surface area contributed by atoms with Gasteiger partial charge in [0.05, 0.1) is 6.61 Å². The highest BCUT2D eigenvalue weighted by molar-refractivity contribution is 5.62. The van der Waals surface area contributed by atoms with E-state index in [-0.39, 0.29) is 0 Å². The SMILES string of the molecule is C=Cc1ccc(/C(=C/CCC)OCCC)cc1. The van der Waals surface area contributed by atoms with E-state index in [0.29, 0.717) is 0 Å². The minimum Gasteiger partial charge on any atom is -0.493 e. The summed E-state index contributed by atoms with van der Waals surface area (Å²) in [5.74, 6) is 1.00. The largest absolute Gasteiger partial charge is 0.493 e. The lowest BCUT2D eigenvalue weighted by Gasteiger charge is -2.10. The Morgan fingerprint density at radius 3 is 2.41 bits per heavy atom. The van der Waals surface area contributed by atoms with Gasteiger partial charge in [-0.05, 0) is 24.5 Å². The number of benzene rings is 1. The Morgan fingerprint density at radius 1 is 1.18 bits per heavy atom. The van der Waals surface area contributed by atoms with E-state index in [1.165, 1.54) is 0 Å². The fraction of sp³-hybridized carbons (Fsp3) is 0.375. The first-order chi connectivity index (χ1) is 8.31.